The van der Waals surface area contributed by atoms with Gasteiger partial charge in [-0.25, -0.2) is 0 Å². The van der Waals surface area contributed by atoms with Crippen LogP contribution in [0.4, 0.5) is 0 Å². The molecule has 0 radical (unpaired) electrons. The Balaban J connectivity index is 3.10. The summed E-state index contributed by atoms with van der Waals surface area (Å²) in [5.74, 6) is -2.33. The lowest BCUT2D eigenvalue weighted by Crippen LogP contribution is -2.39. The van der Waals surface area contributed by atoms with Crippen LogP contribution in [0.15, 0.2) is 24.3 Å². The van der Waals surface area contributed by atoms with Crippen molar-refractivity contribution in [1.82, 2.24) is 0 Å². The third-order valence-corrected chi connectivity index (χ3v) is 2.90. The maximum absolute atomic E-state index is 12.4. The summed E-state index contributed by atoms with van der Waals surface area (Å²) in [5.41, 5.74) is 6.94. The van der Waals surface area contributed by atoms with Gasteiger partial charge >= 0.3 is 11.9 Å². The largest absolute Gasteiger partial charge is 0.481 e. The first-order valence-electron chi connectivity index (χ1n) is 6.87. The number of benzene rings is 1. The van der Waals surface area contributed by atoms with Gasteiger partial charge in [-0.3, -0.25) is 9.59 Å². The summed E-state index contributed by atoms with van der Waals surface area (Å²) in [4.78, 5) is 23.3. The summed E-state index contributed by atoms with van der Waals surface area (Å²) in [5, 5.41) is 8.92. The van der Waals surface area contributed by atoms with Gasteiger partial charge in [-0.05, 0) is 33.3 Å². The molecule has 116 valence electrons. The van der Waals surface area contributed by atoms with Crippen molar-refractivity contribution in [2.75, 3.05) is 0 Å². The van der Waals surface area contributed by atoms with Crippen molar-refractivity contribution in [2.24, 2.45) is 5.73 Å². The minimum atomic E-state index is -1.04. The van der Waals surface area contributed by atoms with Gasteiger partial charge in [-0.2, -0.15) is 0 Å². The molecule has 0 bridgehead atoms. The van der Waals surface area contributed by atoms with E-state index in [0.717, 1.165) is 5.56 Å². The predicted octanol–water partition coefficient (Wildman–Crippen LogP) is 2.22. The number of hydrogen-bond acceptors (Lipinski definition) is 4. The van der Waals surface area contributed by atoms with E-state index >= 15 is 0 Å². The molecule has 0 spiro atoms. The molecule has 0 aliphatic heterocycles. The van der Waals surface area contributed by atoms with Crippen LogP contribution in [0.3, 0.4) is 0 Å². The van der Waals surface area contributed by atoms with E-state index in [9.17, 15) is 9.59 Å². The van der Waals surface area contributed by atoms with Crippen molar-refractivity contribution in [2.45, 2.75) is 51.7 Å². The second kappa shape index (κ2) is 6.72. The number of aliphatic carboxylic acids is 1. The SMILES string of the molecule is Cc1cccc([C@@H](C(=O)OC(C)(C)C)[C@H](N)CC(=O)O)c1. The van der Waals surface area contributed by atoms with E-state index in [-0.39, 0.29) is 6.42 Å². The molecule has 0 aliphatic rings. The van der Waals surface area contributed by atoms with E-state index in [1.165, 1.54) is 0 Å². The number of aryl methyl sites for hydroxylation is 1. The molecule has 0 unspecified atom stereocenters. The van der Waals surface area contributed by atoms with Gasteiger partial charge in [0.05, 0.1) is 12.3 Å². The number of nitrogens with two attached hydrogens (primary N) is 1. The number of carboxylic acids is 1. The van der Waals surface area contributed by atoms with Gasteiger partial charge in [-0.15, -0.1) is 0 Å². The number of carboxylic acid groups (broad SMARTS) is 1. The Hall–Kier alpha value is -1.88. The molecule has 1 aromatic rings. The van der Waals surface area contributed by atoms with E-state index in [1.54, 1.807) is 26.8 Å². The third-order valence-electron chi connectivity index (χ3n) is 2.90. The average Bonchev–Trinajstić information content (AvgIpc) is 2.25. The summed E-state index contributed by atoms with van der Waals surface area (Å²) >= 11 is 0. The average molecular weight is 293 g/mol. The number of carbonyl (C=O) groups excluding carboxylic acids is 1. The van der Waals surface area contributed by atoms with Crippen molar-refractivity contribution in [3.8, 4) is 0 Å². The fourth-order valence-corrected chi connectivity index (χ4v) is 2.11. The van der Waals surface area contributed by atoms with E-state index in [2.05, 4.69) is 0 Å². The van der Waals surface area contributed by atoms with Crippen LogP contribution in [0.25, 0.3) is 0 Å². The molecule has 1 rings (SSSR count). The smallest absolute Gasteiger partial charge is 0.315 e. The monoisotopic (exact) mass is 293 g/mol. The van der Waals surface area contributed by atoms with Gasteiger partial charge in [0.25, 0.3) is 0 Å². The topological polar surface area (TPSA) is 89.6 Å². The molecule has 5 nitrogen and oxygen atoms in total. The van der Waals surface area contributed by atoms with Crippen molar-refractivity contribution in [1.29, 1.82) is 0 Å². The third kappa shape index (κ3) is 5.55. The summed E-state index contributed by atoms with van der Waals surface area (Å²) in [7, 11) is 0. The second-order valence-corrected chi connectivity index (χ2v) is 6.19. The highest BCUT2D eigenvalue weighted by molar-refractivity contribution is 5.81. The molecule has 1 aromatic carbocycles. The zero-order valence-electron chi connectivity index (χ0n) is 12.9. The minimum absolute atomic E-state index is 0.294. The van der Waals surface area contributed by atoms with Crippen molar-refractivity contribution >= 4 is 11.9 Å². The Morgan fingerprint density at radius 3 is 2.43 bits per heavy atom. The number of carbonyl (C=O) groups is 2. The van der Waals surface area contributed by atoms with Gasteiger partial charge in [0.2, 0.25) is 0 Å². The first-order chi connectivity index (χ1) is 9.60. The summed E-state index contributed by atoms with van der Waals surface area (Å²) in [6, 6.07) is 6.48. The highest BCUT2D eigenvalue weighted by Gasteiger charge is 2.32. The van der Waals surface area contributed by atoms with Gasteiger partial charge in [0, 0.05) is 6.04 Å². The van der Waals surface area contributed by atoms with Gasteiger partial charge in [-0.1, -0.05) is 29.8 Å². The van der Waals surface area contributed by atoms with Crippen molar-refractivity contribution in [3.63, 3.8) is 0 Å². The number of rotatable bonds is 5. The Morgan fingerprint density at radius 1 is 1.33 bits per heavy atom. The lowest BCUT2D eigenvalue weighted by atomic mass is 9.89. The van der Waals surface area contributed by atoms with E-state index in [1.807, 2.05) is 25.1 Å². The van der Waals surface area contributed by atoms with Crippen LogP contribution >= 0.6 is 0 Å². The summed E-state index contributed by atoms with van der Waals surface area (Å²) in [6.45, 7) is 7.20. The van der Waals surface area contributed by atoms with Crippen molar-refractivity contribution in [3.05, 3.63) is 35.4 Å². The fourth-order valence-electron chi connectivity index (χ4n) is 2.11. The Labute approximate surface area is 125 Å². The quantitative estimate of drug-likeness (QED) is 0.812. The number of hydrogen-bond donors (Lipinski definition) is 2. The van der Waals surface area contributed by atoms with Crippen LogP contribution in [0.2, 0.25) is 0 Å². The molecule has 0 aliphatic carbocycles. The number of esters is 1. The highest BCUT2D eigenvalue weighted by atomic mass is 16.6. The Kier molecular flexibility index (Phi) is 5.49. The van der Waals surface area contributed by atoms with Crippen molar-refractivity contribution < 1.29 is 19.4 Å². The Bertz CT molecular complexity index is 519. The normalized spacial score (nSPS) is 14.3. The van der Waals surface area contributed by atoms with Crippen LogP contribution in [0, 0.1) is 6.92 Å². The van der Waals surface area contributed by atoms with Gasteiger partial charge < -0.3 is 15.6 Å². The molecule has 2 atom stereocenters. The lowest BCUT2D eigenvalue weighted by Gasteiger charge is -2.27. The highest BCUT2D eigenvalue weighted by Crippen LogP contribution is 2.25. The maximum Gasteiger partial charge on any atom is 0.315 e. The minimum Gasteiger partial charge on any atom is -0.481 e. The first kappa shape index (κ1) is 17.2. The van der Waals surface area contributed by atoms with Crippen LogP contribution < -0.4 is 5.73 Å². The molecular weight excluding hydrogens is 270 g/mol. The molecule has 0 aromatic heterocycles. The molecule has 0 saturated carbocycles. The van der Waals surface area contributed by atoms with Crippen LogP contribution in [0.5, 0.6) is 0 Å². The fraction of sp³-hybridized carbons (Fsp3) is 0.500. The standard InChI is InChI=1S/C16H23NO4/c1-10-6-5-7-11(8-10)14(12(17)9-13(18)19)15(20)21-16(2,3)4/h5-8,12,14H,9,17H2,1-4H3,(H,18,19)/t12-,14-/m1/s1. The van der Waals surface area contributed by atoms with Gasteiger partial charge in [0.1, 0.15) is 5.60 Å². The summed E-state index contributed by atoms with van der Waals surface area (Å²) in [6.07, 6.45) is -0.294. The molecule has 21 heavy (non-hydrogen) atoms. The van der Waals surface area contributed by atoms with Crippen LogP contribution in [-0.4, -0.2) is 28.7 Å². The number of ether oxygens (including phenoxy) is 1. The van der Waals surface area contributed by atoms with Gasteiger partial charge in [0.15, 0.2) is 0 Å². The molecule has 3 N–H and O–H groups in total. The molecular formula is C16H23NO4. The van der Waals surface area contributed by atoms with Crippen LogP contribution in [0.1, 0.15) is 44.2 Å². The molecule has 0 amide bonds. The van der Waals surface area contributed by atoms with Crippen LogP contribution in [-0.2, 0) is 14.3 Å². The lowest BCUT2D eigenvalue weighted by molar-refractivity contribution is -0.157. The summed E-state index contributed by atoms with van der Waals surface area (Å²) < 4.78 is 5.38. The molecule has 0 saturated heterocycles. The zero-order valence-corrected chi connectivity index (χ0v) is 12.9. The van der Waals surface area contributed by atoms with E-state index in [4.69, 9.17) is 15.6 Å². The molecule has 0 heterocycles. The predicted molar refractivity (Wildman–Crippen MR) is 80.0 cm³/mol. The van der Waals surface area contributed by atoms with E-state index in [0.29, 0.717) is 5.56 Å². The maximum atomic E-state index is 12.4. The second-order valence-electron chi connectivity index (χ2n) is 6.19. The zero-order chi connectivity index (χ0) is 16.2. The molecule has 0 fully saturated rings. The molecule has 5 heteroatoms. The van der Waals surface area contributed by atoms with E-state index < -0.39 is 29.5 Å². The first-order valence-corrected chi connectivity index (χ1v) is 6.87. The Morgan fingerprint density at radius 2 is 1.95 bits per heavy atom.